The molecule has 0 fully saturated rings. The van der Waals surface area contributed by atoms with E-state index in [4.69, 9.17) is 21.7 Å². The van der Waals surface area contributed by atoms with Crippen molar-refractivity contribution in [1.29, 1.82) is 0 Å². The zero-order chi connectivity index (χ0) is 27.0. The van der Waals surface area contributed by atoms with E-state index in [2.05, 4.69) is 26.0 Å². The second-order valence-corrected chi connectivity index (χ2v) is 9.50. The van der Waals surface area contributed by atoms with Gasteiger partial charge < -0.3 is 32.3 Å². The molecule has 0 bridgehead atoms. The average molecular weight is 488 g/mol. The third-order valence-corrected chi connectivity index (χ3v) is 5.03. The highest BCUT2D eigenvalue weighted by atomic mass is 16.3. The van der Waals surface area contributed by atoms with Gasteiger partial charge in [0.2, 0.25) is 18.0 Å². The van der Waals surface area contributed by atoms with Gasteiger partial charge in [-0.1, -0.05) is 0 Å². The van der Waals surface area contributed by atoms with Crippen LogP contribution in [0.4, 0.5) is 0 Å². The molecule has 1 atom stereocenters. The summed E-state index contributed by atoms with van der Waals surface area (Å²) in [6.45, 7) is 9.10. The smallest absolute Gasteiger partial charge is 0.293 e. The minimum atomic E-state index is -1.78. The summed E-state index contributed by atoms with van der Waals surface area (Å²) < 4.78 is 1.19. The number of nitrogens with two attached hydrogens (primary N) is 2. The Bertz CT molecular complexity index is 837. The van der Waals surface area contributed by atoms with Crippen LogP contribution in [0.25, 0.3) is 0 Å². The van der Waals surface area contributed by atoms with Gasteiger partial charge in [-0.15, -0.1) is 4.70 Å². The van der Waals surface area contributed by atoms with Gasteiger partial charge in [-0.3, -0.25) is 19.2 Å². The molecule has 0 saturated heterocycles. The van der Waals surface area contributed by atoms with Crippen molar-refractivity contribution in [2.45, 2.75) is 70.6 Å². The van der Waals surface area contributed by atoms with Crippen LogP contribution in [0.5, 0.6) is 0 Å². The summed E-state index contributed by atoms with van der Waals surface area (Å²) in [7, 11) is 0. The van der Waals surface area contributed by atoms with Crippen LogP contribution in [0, 0.1) is 0 Å². The van der Waals surface area contributed by atoms with E-state index < -0.39 is 52.3 Å². The van der Waals surface area contributed by atoms with Crippen molar-refractivity contribution >= 4 is 23.6 Å². The summed E-state index contributed by atoms with van der Waals surface area (Å²) in [6.07, 6.45) is 0. The third kappa shape index (κ3) is 8.41. The number of amides is 4. The Morgan fingerprint density at radius 3 is 1.65 bits per heavy atom. The molecule has 4 amide bonds. The number of hydrogen-bond acceptors (Lipinski definition) is 9. The molecule has 8 N–H and O–H groups in total. The molecule has 0 aliphatic rings. The maximum Gasteiger partial charge on any atom is 0.293 e. The number of hydrogen-bond donors (Lipinski definition) is 6. The molecule has 14 heteroatoms. The van der Waals surface area contributed by atoms with E-state index >= 15 is 0 Å². The maximum absolute atomic E-state index is 12.9. The summed E-state index contributed by atoms with van der Waals surface area (Å²) in [4.78, 5) is 49.5. The molecule has 194 valence electrons. The molecule has 0 aliphatic carbocycles. The number of rotatable bonds is 14. The van der Waals surface area contributed by atoms with Gasteiger partial charge >= 0.3 is 0 Å². The van der Waals surface area contributed by atoms with Crippen LogP contribution < -0.4 is 22.1 Å². The Kier molecular flexibility index (Phi) is 10.9. The summed E-state index contributed by atoms with van der Waals surface area (Å²) in [5.74, 6) is -2.81. The van der Waals surface area contributed by atoms with Gasteiger partial charge in [0.15, 0.2) is 11.1 Å². The summed E-state index contributed by atoms with van der Waals surface area (Å²) >= 11 is 0. The zero-order valence-electron chi connectivity index (χ0n) is 21.0. The lowest BCUT2D eigenvalue weighted by Gasteiger charge is -2.27. The van der Waals surface area contributed by atoms with Crippen LogP contribution in [0.2, 0.25) is 0 Å². The first-order valence-corrected chi connectivity index (χ1v) is 10.7. The lowest BCUT2D eigenvalue weighted by Crippen LogP contribution is -2.57. The summed E-state index contributed by atoms with van der Waals surface area (Å²) in [5.41, 5.74) is 4.81. The number of primary amides is 2. The number of carbonyl (C=O) groups excluding carboxylic acids is 4. The molecule has 0 aliphatic heterocycles. The van der Waals surface area contributed by atoms with Gasteiger partial charge in [0.05, 0.1) is 13.2 Å². The van der Waals surface area contributed by atoms with Crippen LogP contribution in [0.1, 0.15) is 48.5 Å². The van der Waals surface area contributed by atoms with Gasteiger partial charge in [0.25, 0.3) is 23.3 Å². The Morgan fingerprint density at radius 2 is 1.24 bits per heavy atom. The second-order valence-electron chi connectivity index (χ2n) is 9.50. The Morgan fingerprint density at radius 1 is 0.765 bits per heavy atom. The van der Waals surface area contributed by atoms with E-state index in [0.717, 1.165) is 0 Å². The van der Waals surface area contributed by atoms with E-state index in [1.807, 2.05) is 0 Å². The topological polar surface area (TPSA) is 225 Å². The summed E-state index contributed by atoms with van der Waals surface area (Å²) in [6, 6.07) is 0. The van der Waals surface area contributed by atoms with Gasteiger partial charge in [0.1, 0.15) is 0 Å². The number of azo groups is 3. The molecule has 0 radical (unpaired) electrons. The predicted octanol–water partition coefficient (Wildman–Crippen LogP) is -1.81. The first-order valence-electron chi connectivity index (χ1n) is 10.7. The lowest BCUT2D eigenvalue weighted by atomic mass is 9.97. The van der Waals surface area contributed by atoms with Crippen LogP contribution in [-0.4, -0.2) is 93.5 Å². The van der Waals surface area contributed by atoms with Crippen molar-refractivity contribution in [2.75, 3.05) is 32.8 Å². The van der Waals surface area contributed by atoms with Crippen LogP contribution in [0.15, 0.2) is 15.3 Å². The van der Waals surface area contributed by atoms with E-state index in [-0.39, 0.29) is 26.3 Å². The SMILES string of the molecule is CC(C)(N=NC(C)(C[N+](=NC(C)(C)C(=O)NCCO)C(C)(C)C(=O)NCCO)C(N)=O)C(N)=O. The molecule has 0 saturated carbocycles. The number of aliphatic hydroxyl groups excluding tert-OH is 2. The van der Waals surface area contributed by atoms with Crippen LogP contribution >= 0.6 is 0 Å². The van der Waals surface area contributed by atoms with E-state index in [0.29, 0.717) is 0 Å². The number of carbonyl (C=O) groups is 4. The highest BCUT2D eigenvalue weighted by Crippen LogP contribution is 2.23. The monoisotopic (exact) mass is 487 g/mol. The highest BCUT2D eigenvalue weighted by Gasteiger charge is 2.49. The fraction of sp³-hybridized carbons (Fsp3) is 0.800. The lowest BCUT2D eigenvalue weighted by molar-refractivity contribution is -0.653. The predicted molar refractivity (Wildman–Crippen MR) is 122 cm³/mol. The van der Waals surface area contributed by atoms with Crippen molar-refractivity contribution in [3.8, 4) is 0 Å². The molecule has 0 aromatic heterocycles. The quantitative estimate of drug-likeness (QED) is 0.122. The first kappa shape index (κ1) is 31.0. The molecular formula is C20H39N8O6+. The van der Waals surface area contributed by atoms with Crippen molar-refractivity contribution in [2.24, 2.45) is 26.8 Å². The van der Waals surface area contributed by atoms with Crippen molar-refractivity contribution in [3.05, 3.63) is 0 Å². The van der Waals surface area contributed by atoms with Crippen LogP contribution in [0.3, 0.4) is 0 Å². The number of nitrogens with one attached hydrogen (secondary N) is 2. The molecular weight excluding hydrogens is 448 g/mol. The molecule has 0 aromatic carbocycles. The Labute approximate surface area is 199 Å². The minimum absolute atomic E-state index is 0.00637. The van der Waals surface area contributed by atoms with Crippen molar-refractivity contribution in [1.82, 2.24) is 10.6 Å². The fourth-order valence-electron chi connectivity index (χ4n) is 2.33. The Hall–Kier alpha value is -3.00. The highest BCUT2D eigenvalue weighted by molar-refractivity contribution is 5.87. The number of nitrogens with zero attached hydrogens (tertiary/aromatic N) is 4. The van der Waals surface area contributed by atoms with Crippen LogP contribution in [-0.2, 0) is 19.2 Å². The van der Waals surface area contributed by atoms with Gasteiger partial charge in [-0.05, 0) is 39.7 Å². The second kappa shape index (κ2) is 11.9. The standard InChI is InChI=1S/C20H38N8O6/c1-17(2,13(21)31)25-26-20(7,14(22)32)12-28(19(5,6)16(34)24-9-11-30)27-18(3,4)15(33)23-8-10-29/h29-30H,8-12H2,1-7H3,(H5-,21,22,23,24,31,32,33,34)/p+1. The van der Waals surface area contributed by atoms with Crippen molar-refractivity contribution < 1.29 is 34.1 Å². The Balaban J connectivity index is 6.62. The molecule has 0 heterocycles. The molecule has 14 nitrogen and oxygen atoms in total. The van der Waals surface area contributed by atoms with Gasteiger partial charge in [0, 0.05) is 26.9 Å². The normalized spacial score (nSPS) is 15.0. The van der Waals surface area contributed by atoms with E-state index in [9.17, 15) is 19.2 Å². The maximum atomic E-state index is 12.9. The first-order chi connectivity index (χ1) is 15.4. The average Bonchev–Trinajstić information content (AvgIpc) is 2.73. The zero-order valence-corrected chi connectivity index (χ0v) is 21.0. The fourth-order valence-corrected chi connectivity index (χ4v) is 2.33. The van der Waals surface area contributed by atoms with Crippen molar-refractivity contribution in [3.63, 3.8) is 0 Å². The number of aliphatic hydroxyl groups is 2. The molecule has 0 rings (SSSR count). The third-order valence-electron chi connectivity index (χ3n) is 5.03. The van der Waals surface area contributed by atoms with E-state index in [1.165, 1.54) is 53.2 Å². The minimum Gasteiger partial charge on any atom is -0.395 e. The molecule has 0 spiro atoms. The van der Waals surface area contributed by atoms with Gasteiger partial charge in [-0.25, -0.2) is 0 Å². The molecule has 1 unspecified atom stereocenters. The molecule has 0 aromatic rings. The van der Waals surface area contributed by atoms with E-state index in [1.54, 1.807) is 0 Å². The molecule has 34 heavy (non-hydrogen) atoms. The largest absolute Gasteiger partial charge is 0.395 e. The summed E-state index contributed by atoms with van der Waals surface area (Å²) in [5, 5.41) is 35.4. The van der Waals surface area contributed by atoms with Gasteiger partial charge in [-0.2, -0.15) is 10.2 Å².